The molecule has 0 bridgehead atoms. The summed E-state index contributed by atoms with van der Waals surface area (Å²) in [5.41, 5.74) is 0.0798. The topological polar surface area (TPSA) is 55.8 Å². The van der Waals surface area contributed by atoms with Crippen LogP contribution in [-0.4, -0.2) is 17.7 Å². The Kier molecular flexibility index (Phi) is 3.74. The van der Waals surface area contributed by atoms with Crippen molar-refractivity contribution in [1.82, 2.24) is 0 Å². The third-order valence-electron chi connectivity index (χ3n) is 1.71. The molecule has 1 rings (SSSR count). The van der Waals surface area contributed by atoms with Gasteiger partial charge in [0.15, 0.2) is 11.5 Å². The van der Waals surface area contributed by atoms with E-state index in [9.17, 15) is 4.79 Å². The van der Waals surface area contributed by atoms with Crippen LogP contribution in [0.15, 0.2) is 31.0 Å². The van der Waals surface area contributed by atoms with Crippen molar-refractivity contribution in [3.05, 3.63) is 36.6 Å². The highest BCUT2D eigenvalue weighted by Crippen LogP contribution is 2.31. The van der Waals surface area contributed by atoms with Gasteiger partial charge in [0.2, 0.25) is 0 Å². The van der Waals surface area contributed by atoms with Crippen LogP contribution in [-0.2, 0) is 0 Å². The number of carboxylic acid groups (broad SMARTS) is 1. The number of hydrogen-bond acceptors (Lipinski definition) is 3. The summed E-state index contributed by atoms with van der Waals surface area (Å²) in [6.07, 6.45) is 1.23. The first-order chi connectivity index (χ1) is 7.20. The van der Waals surface area contributed by atoms with Crippen LogP contribution in [0, 0.1) is 0 Å². The van der Waals surface area contributed by atoms with Gasteiger partial charge < -0.3 is 14.6 Å². The quantitative estimate of drug-likeness (QED) is 0.754. The van der Waals surface area contributed by atoms with Gasteiger partial charge in [-0.2, -0.15) is 0 Å². The summed E-state index contributed by atoms with van der Waals surface area (Å²) in [6.45, 7) is 5.55. The predicted octanol–water partition coefficient (Wildman–Crippen LogP) is 2.31. The van der Waals surface area contributed by atoms with Gasteiger partial charge in [0.1, 0.15) is 5.56 Å². The molecule has 0 aliphatic rings. The van der Waals surface area contributed by atoms with Crippen molar-refractivity contribution in [2.75, 3.05) is 6.61 Å². The van der Waals surface area contributed by atoms with Gasteiger partial charge in [-0.1, -0.05) is 12.6 Å². The van der Waals surface area contributed by atoms with E-state index in [0.29, 0.717) is 12.4 Å². The maximum absolute atomic E-state index is 10.9. The Hall–Kier alpha value is -1.97. The lowest BCUT2D eigenvalue weighted by molar-refractivity contribution is 0.0692. The van der Waals surface area contributed by atoms with E-state index in [1.807, 2.05) is 0 Å². The first-order valence-corrected chi connectivity index (χ1v) is 4.47. The second kappa shape index (κ2) is 5.05. The average molecular weight is 208 g/mol. The molecule has 1 aromatic carbocycles. The predicted molar refractivity (Wildman–Crippen MR) is 55.4 cm³/mol. The maximum Gasteiger partial charge on any atom is 0.339 e. The first-order valence-electron chi connectivity index (χ1n) is 4.47. The molecule has 4 heteroatoms. The summed E-state index contributed by atoms with van der Waals surface area (Å²) in [6, 6.07) is 4.67. The summed E-state index contributed by atoms with van der Waals surface area (Å²) in [7, 11) is 0. The van der Waals surface area contributed by atoms with E-state index in [1.165, 1.54) is 12.3 Å². The molecule has 0 fully saturated rings. The van der Waals surface area contributed by atoms with Crippen LogP contribution < -0.4 is 9.47 Å². The summed E-state index contributed by atoms with van der Waals surface area (Å²) in [5, 5.41) is 8.92. The number of rotatable bonds is 5. The molecule has 15 heavy (non-hydrogen) atoms. The molecule has 80 valence electrons. The van der Waals surface area contributed by atoms with Crippen molar-refractivity contribution in [2.24, 2.45) is 0 Å². The molecular formula is C11H12O4. The highest BCUT2D eigenvalue weighted by Gasteiger charge is 2.15. The van der Waals surface area contributed by atoms with Crippen molar-refractivity contribution < 1.29 is 19.4 Å². The Labute approximate surface area is 87.7 Å². The third-order valence-corrected chi connectivity index (χ3v) is 1.71. The Balaban J connectivity index is 3.20. The standard InChI is InChI=1S/C11H12O4/c1-3-14-9-7-5-6-8(11(12)13)10(9)15-4-2/h3,5-7H,1,4H2,2H3,(H,12,13). The third kappa shape index (κ3) is 2.49. The van der Waals surface area contributed by atoms with Crippen LogP contribution in [0.3, 0.4) is 0 Å². The lowest BCUT2D eigenvalue weighted by Gasteiger charge is -2.11. The SMILES string of the molecule is C=COc1cccc(C(=O)O)c1OCC. The number of benzene rings is 1. The number of aromatic carboxylic acids is 1. The van der Waals surface area contributed by atoms with Gasteiger partial charge in [-0.05, 0) is 19.1 Å². The van der Waals surface area contributed by atoms with E-state index in [4.69, 9.17) is 14.6 Å². The lowest BCUT2D eigenvalue weighted by Crippen LogP contribution is -2.04. The number of para-hydroxylation sites is 1. The monoisotopic (exact) mass is 208 g/mol. The first kappa shape index (κ1) is 11.1. The summed E-state index contributed by atoms with van der Waals surface area (Å²) < 4.78 is 10.3. The van der Waals surface area contributed by atoms with Gasteiger partial charge in [0, 0.05) is 0 Å². The zero-order valence-electron chi connectivity index (χ0n) is 8.40. The van der Waals surface area contributed by atoms with Gasteiger partial charge in [-0.25, -0.2) is 4.79 Å². The molecule has 0 saturated carbocycles. The van der Waals surface area contributed by atoms with Crippen LogP contribution in [0.1, 0.15) is 17.3 Å². The van der Waals surface area contributed by atoms with Gasteiger partial charge in [-0.15, -0.1) is 0 Å². The molecule has 4 nitrogen and oxygen atoms in total. The van der Waals surface area contributed by atoms with Crippen molar-refractivity contribution in [3.8, 4) is 11.5 Å². The van der Waals surface area contributed by atoms with Crippen molar-refractivity contribution in [1.29, 1.82) is 0 Å². The van der Waals surface area contributed by atoms with E-state index in [1.54, 1.807) is 19.1 Å². The minimum atomic E-state index is -1.05. The molecule has 0 spiro atoms. The number of ether oxygens (including phenoxy) is 2. The second-order valence-electron chi connectivity index (χ2n) is 2.66. The Morgan fingerprint density at radius 1 is 1.60 bits per heavy atom. The fourth-order valence-corrected chi connectivity index (χ4v) is 1.16. The Morgan fingerprint density at radius 2 is 2.33 bits per heavy atom. The molecular weight excluding hydrogens is 196 g/mol. The molecule has 0 amide bonds. The molecule has 0 saturated heterocycles. The average Bonchev–Trinajstić information content (AvgIpc) is 2.21. The molecule has 0 aliphatic heterocycles. The lowest BCUT2D eigenvalue weighted by atomic mass is 10.2. The van der Waals surface area contributed by atoms with Crippen LogP contribution in [0.2, 0.25) is 0 Å². The van der Waals surface area contributed by atoms with Gasteiger partial charge in [0.05, 0.1) is 12.9 Å². The Morgan fingerprint density at radius 3 is 2.87 bits per heavy atom. The van der Waals surface area contributed by atoms with Crippen molar-refractivity contribution in [3.63, 3.8) is 0 Å². The van der Waals surface area contributed by atoms with Gasteiger partial charge in [0.25, 0.3) is 0 Å². The molecule has 0 radical (unpaired) electrons. The summed E-state index contributed by atoms with van der Waals surface area (Å²) >= 11 is 0. The van der Waals surface area contributed by atoms with Crippen molar-refractivity contribution in [2.45, 2.75) is 6.92 Å². The van der Waals surface area contributed by atoms with Crippen LogP contribution >= 0.6 is 0 Å². The van der Waals surface area contributed by atoms with Gasteiger partial charge >= 0.3 is 5.97 Å². The smallest absolute Gasteiger partial charge is 0.339 e. The zero-order valence-corrected chi connectivity index (χ0v) is 8.40. The molecule has 0 heterocycles. The fraction of sp³-hybridized carbons (Fsp3) is 0.182. The highest BCUT2D eigenvalue weighted by atomic mass is 16.5. The van der Waals surface area contributed by atoms with E-state index < -0.39 is 5.97 Å². The van der Waals surface area contributed by atoms with Gasteiger partial charge in [-0.3, -0.25) is 0 Å². The number of hydrogen-bond donors (Lipinski definition) is 1. The minimum Gasteiger partial charge on any atom is -0.489 e. The molecule has 1 aromatic rings. The molecule has 0 aromatic heterocycles. The second-order valence-corrected chi connectivity index (χ2v) is 2.66. The fourth-order valence-electron chi connectivity index (χ4n) is 1.16. The Bertz CT molecular complexity index is 371. The largest absolute Gasteiger partial charge is 0.489 e. The molecule has 0 atom stereocenters. The zero-order chi connectivity index (χ0) is 11.3. The van der Waals surface area contributed by atoms with Crippen LogP contribution in [0.5, 0.6) is 11.5 Å². The molecule has 0 aliphatic carbocycles. The van der Waals surface area contributed by atoms with E-state index in [-0.39, 0.29) is 11.3 Å². The minimum absolute atomic E-state index is 0.0798. The summed E-state index contributed by atoms with van der Waals surface area (Å²) in [4.78, 5) is 10.9. The van der Waals surface area contributed by atoms with E-state index in [2.05, 4.69) is 6.58 Å². The van der Waals surface area contributed by atoms with E-state index in [0.717, 1.165) is 0 Å². The van der Waals surface area contributed by atoms with E-state index >= 15 is 0 Å². The normalized spacial score (nSPS) is 9.40. The maximum atomic E-state index is 10.9. The summed E-state index contributed by atoms with van der Waals surface area (Å²) in [5.74, 6) is -0.466. The molecule has 1 N–H and O–H groups in total. The molecule has 0 unspecified atom stereocenters. The number of carboxylic acids is 1. The van der Waals surface area contributed by atoms with Crippen LogP contribution in [0.4, 0.5) is 0 Å². The van der Waals surface area contributed by atoms with Crippen molar-refractivity contribution >= 4 is 5.97 Å². The highest BCUT2D eigenvalue weighted by molar-refractivity contribution is 5.92. The number of carbonyl (C=O) groups is 1. The van der Waals surface area contributed by atoms with Crippen LogP contribution in [0.25, 0.3) is 0 Å².